The van der Waals surface area contributed by atoms with Crippen LogP contribution in [0.5, 0.6) is 0 Å². The number of aromatic nitrogens is 3. The van der Waals surface area contributed by atoms with Gasteiger partial charge in [-0.3, -0.25) is 0 Å². The third kappa shape index (κ3) is 2.25. The number of fused-ring (bicyclic) bond motifs is 1. The van der Waals surface area contributed by atoms with Gasteiger partial charge in [-0.25, -0.2) is 23.1 Å². The van der Waals surface area contributed by atoms with E-state index < -0.39 is 17.3 Å². The Morgan fingerprint density at radius 2 is 1.87 bits per heavy atom. The lowest BCUT2D eigenvalue weighted by atomic mass is 10.2. The number of pyridine rings is 1. The second kappa shape index (κ2) is 4.84. The minimum Gasteiger partial charge on any atom is -0.383 e. The summed E-state index contributed by atoms with van der Waals surface area (Å²) in [5.74, 6) is -1.58. The lowest BCUT2D eigenvalue weighted by Crippen LogP contribution is -2.24. The van der Waals surface area contributed by atoms with Crippen LogP contribution in [0.15, 0.2) is 35.1 Å². The molecule has 116 valence electrons. The average molecular weight is 314 g/mol. The van der Waals surface area contributed by atoms with Crippen LogP contribution in [0.4, 0.5) is 14.6 Å². The predicted octanol–water partition coefficient (Wildman–Crippen LogP) is 2.52. The van der Waals surface area contributed by atoms with Crippen LogP contribution in [0.25, 0.3) is 16.7 Å². The summed E-state index contributed by atoms with van der Waals surface area (Å²) < 4.78 is 27.8. The Hall–Kier alpha value is -2.83. The van der Waals surface area contributed by atoms with Gasteiger partial charge in [0.1, 0.15) is 5.82 Å². The molecule has 0 amide bonds. The van der Waals surface area contributed by atoms with E-state index >= 15 is 0 Å². The molecular weight excluding hydrogens is 302 g/mol. The number of hydrogen-bond donors (Lipinski definition) is 1. The molecule has 1 aliphatic carbocycles. The molecule has 0 spiro atoms. The summed E-state index contributed by atoms with van der Waals surface area (Å²) in [6.45, 7) is 0. The van der Waals surface area contributed by atoms with Crippen LogP contribution in [-0.2, 0) is 0 Å². The van der Waals surface area contributed by atoms with Crippen LogP contribution in [0.1, 0.15) is 24.5 Å². The number of nitrogens with two attached hydrogens (primary N) is 1. The van der Waals surface area contributed by atoms with Crippen molar-refractivity contribution in [1.82, 2.24) is 14.5 Å². The monoisotopic (exact) mass is 314 g/mol. The van der Waals surface area contributed by atoms with Gasteiger partial charge < -0.3 is 5.73 Å². The molecule has 23 heavy (non-hydrogen) atoms. The lowest BCUT2D eigenvalue weighted by molar-refractivity contribution is 0.508. The molecule has 4 rings (SSSR count). The van der Waals surface area contributed by atoms with Gasteiger partial charge in [0.15, 0.2) is 17.3 Å². The van der Waals surface area contributed by atoms with Gasteiger partial charge in [0.2, 0.25) is 0 Å². The second-order valence-corrected chi connectivity index (χ2v) is 5.59. The van der Waals surface area contributed by atoms with E-state index in [1.54, 1.807) is 6.07 Å². The van der Waals surface area contributed by atoms with Crippen molar-refractivity contribution < 1.29 is 8.78 Å². The first-order valence-electron chi connectivity index (χ1n) is 7.19. The molecule has 0 bridgehead atoms. The SMILES string of the molecule is Nc1nc(=O)n(-c2ccc(F)c(F)c2)c2nc(C3CC3)ccc12. The lowest BCUT2D eigenvalue weighted by Gasteiger charge is -2.11. The number of halogens is 2. The van der Waals surface area contributed by atoms with Crippen molar-refractivity contribution in [3.63, 3.8) is 0 Å². The van der Waals surface area contributed by atoms with E-state index in [2.05, 4.69) is 9.97 Å². The highest BCUT2D eigenvalue weighted by molar-refractivity contribution is 5.86. The Balaban J connectivity index is 2.05. The van der Waals surface area contributed by atoms with E-state index in [-0.39, 0.29) is 11.5 Å². The summed E-state index contributed by atoms with van der Waals surface area (Å²) in [7, 11) is 0. The molecule has 0 unspecified atom stereocenters. The predicted molar refractivity (Wildman–Crippen MR) is 81.4 cm³/mol. The first kappa shape index (κ1) is 13.8. The standard InChI is InChI=1S/C16H12F2N4O/c17-11-5-3-9(7-12(11)18)22-15-10(14(19)21-16(22)23)4-6-13(20-15)8-1-2-8/h3-8H,1-2H2,(H2,19,21,23). The zero-order chi connectivity index (χ0) is 16.1. The van der Waals surface area contributed by atoms with Crippen molar-refractivity contribution >= 4 is 16.9 Å². The summed E-state index contributed by atoms with van der Waals surface area (Å²) in [6, 6.07) is 6.83. The van der Waals surface area contributed by atoms with E-state index in [0.717, 1.165) is 35.2 Å². The summed E-state index contributed by atoms with van der Waals surface area (Å²) in [4.78, 5) is 20.5. The molecule has 0 atom stereocenters. The fraction of sp³-hybridized carbons (Fsp3) is 0.188. The Bertz CT molecular complexity index is 995. The second-order valence-electron chi connectivity index (χ2n) is 5.59. The first-order chi connectivity index (χ1) is 11.0. The molecule has 7 heteroatoms. The van der Waals surface area contributed by atoms with Crippen LogP contribution < -0.4 is 11.4 Å². The molecule has 2 N–H and O–H groups in total. The molecule has 0 aliphatic heterocycles. The third-order valence-electron chi connectivity index (χ3n) is 3.95. The summed E-state index contributed by atoms with van der Waals surface area (Å²) >= 11 is 0. The average Bonchev–Trinajstić information content (AvgIpc) is 3.35. The first-order valence-corrected chi connectivity index (χ1v) is 7.19. The summed E-state index contributed by atoms with van der Waals surface area (Å²) in [6.07, 6.45) is 2.10. The van der Waals surface area contributed by atoms with Gasteiger partial charge in [-0.2, -0.15) is 4.98 Å². The highest BCUT2D eigenvalue weighted by atomic mass is 19.2. The topological polar surface area (TPSA) is 73.8 Å². The smallest absolute Gasteiger partial charge is 0.355 e. The zero-order valence-electron chi connectivity index (χ0n) is 12.0. The number of benzene rings is 1. The molecule has 3 aromatic rings. The maximum absolute atomic E-state index is 13.5. The van der Waals surface area contributed by atoms with Crippen LogP contribution >= 0.6 is 0 Å². The minimum absolute atomic E-state index is 0.0682. The quantitative estimate of drug-likeness (QED) is 0.789. The van der Waals surface area contributed by atoms with Crippen LogP contribution in [0.3, 0.4) is 0 Å². The highest BCUT2D eigenvalue weighted by Crippen LogP contribution is 2.39. The molecule has 1 saturated carbocycles. The summed E-state index contributed by atoms with van der Waals surface area (Å²) in [5.41, 5.74) is 6.44. The largest absolute Gasteiger partial charge is 0.383 e. The van der Waals surface area contributed by atoms with Crippen molar-refractivity contribution in [2.24, 2.45) is 0 Å². The normalized spacial score (nSPS) is 14.3. The van der Waals surface area contributed by atoms with Gasteiger partial charge in [0.05, 0.1) is 11.1 Å². The Kier molecular flexibility index (Phi) is 2.90. The van der Waals surface area contributed by atoms with E-state index in [9.17, 15) is 13.6 Å². The molecule has 2 heterocycles. The maximum atomic E-state index is 13.5. The molecular formula is C16H12F2N4O. The number of hydrogen-bond acceptors (Lipinski definition) is 4. The molecule has 1 aromatic carbocycles. The number of anilines is 1. The fourth-order valence-corrected chi connectivity index (χ4v) is 2.60. The number of nitrogens with zero attached hydrogens (tertiary/aromatic N) is 3. The summed E-state index contributed by atoms with van der Waals surface area (Å²) in [5, 5.41) is 0.499. The van der Waals surface area contributed by atoms with E-state index in [0.29, 0.717) is 17.0 Å². The molecule has 0 saturated heterocycles. The van der Waals surface area contributed by atoms with Crippen molar-refractivity contribution in [3.05, 3.63) is 58.1 Å². The highest BCUT2D eigenvalue weighted by Gasteiger charge is 2.26. The Labute approximate surface area is 129 Å². The molecule has 5 nitrogen and oxygen atoms in total. The van der Waals surface area contributed by atoms with Gasteiger partial charge in [0, 0.05) is 17.7 Å². The number of nitrogen functional groups attached to an aromatic ring is 1. The number of rotatable bonds is 2. The Morgan fingerprint density at radius 1 is 1.09 bits per heavy atom. The molecule has 1 aliphatic rings. The zero-order valence-corrected chi connectivity index (χ0v) is 12.0. The molecule has 1 fully saturated rings. The van der Waals surface area contributed by atoms with E-state index in [1.165, 1.54) is 6.07 Å². The van der Waals surface area contributed by atoms with E-state index in [4.69, 9.17) is 5.73 Å². The molecule has 2 aromatic heterocycles. The van der Waals surface area contributed by atoms with Gasteiger partial charge in [-0.05, 0) is 37.1 Å². The van der Waals surface area contributed by atoms with Crippen LogP contribution in [-0.4, -0.2) is 14.5 Å². The van der Waals surface area contributed by atoms with Crippen LogP contribution in [0, 0.1) is 11.6 Å². The van der Waals surface area contributed by atoms with Crippen molar-refractivity contribution in [1.29, 1.82) is 0 Å². The van der Waals surface area contributed by atoms with Crippen molar-refractivity contribution in [3.8, 4) is 5.69 Å². The van der Waals surface area contributed by atoms with Crippen LogP contribution in [0.2, 0.25) is 0 Å². The van der Waals surface area contributed by atoms with Gasteiger partial charge in [-0.1, -0.05) is 0 Å². The van der Waals surface area contributed by atoms with Crippen molar-refractivity contribution in [2.45, 2.75) is 18.8 Å². The Morgan fingerprint density at radius 3 is 2.57 bits per heavy atom. The van der Waals surface area contributed by atoms with Gasteiger partial charge in [0.25, 0.3) is 0 Å². The van der Waals surface area contributed by atoms with Crippen molar-refractivity contribution in [2.75, 3.05) is 5.73 Å². The maximum Gasteiger partial charge on any atom is 0.355 e. The third-order valence-corrected chi connectivity index (χ3v) is 3.95. The molecule has 0 radical (unpaired) electrons. The van der Waals surface area contributed by atoms with E-state index in [1.807, 2.05) is 6.07 Å². The fourth-order valence-electron chi connectivity index (χ4n) is 2.60. The van der Waals surface area contributed by atoms with Gasteiger partial charge >= 0.3 is 5.69 Å². The van der Waals surface area contributed by atoms with Gasteiger partial charge in [-0.15, -0.1) is 0 Å². The minimum atomic E-state index is -1.04.